The maximum atomic E-state index is 11.4. The molecule has 0 radical (unpaired) electrons. The molecule has 0 aromatic carbocycles. The summed E-state index contributed by atoms with van der Waals surface area (Å²) in [7, 11) is 5.24. The first-order valence-corrected chi connectivity index (χ1v) is 5.22. The highest BCUT2D eigenvalue weighted by Gasteiger charge is 2.12. The van der Waals surface area contributed by atoms with Crippen molar-refractivity contribution in [2.75, 3.05) is 31.7 Å². The molecule has 1 heterocycles. The average molecular weight is 225 g/mol. The van der Waals surface area contributed by atoms with Gasteiger partial charge in [0.2, 0.25) is 5.91 Å². The van der Waals surface area contributed by atoms with Gasteiger partial charge in [0.25, 0.3) is 0 Å². The molecule has 1 aromatic heterocycles. The minimum absolute atomic E-state index is 0.00125. The maximum absolute atomic E-state index is 11.4. The second kappa shape index (κ2) is 4.87. The van der Waals surface area contributed by atoms with Gasteiger partial charge in [-0.25, -0.2) is 0 Å². The van der Waals surface area contributed by atoms with Gasteiger partial charge in [-0.1, -0.05) is 6.92 Å². The van der Waals surface area contributed by atoms with Crippen LogP contribution in [-0.4, -0.2) is 41.2 Å². The second-order valence-corrected chi connectivity index (χ2v) is 3.83. The highest BCUT2D eigenvalue weighted by atomic mass is 16.2. The summed E-state index contributed by atoms with van der Waals surface area (Å²) in [5, 5.41) is 7.26. The minimum Gasteiger partial charge on any atom is -0.394 e. The molecule has 1 rings (SSSR count). The van der Waals surface area contributed by atoms with Crippen LogP contribution in [0.2, 0.25) is 0 Å². The van der Waals surface area contributed by atoms with Gasteiger partial charge in [-0.05, 0) is 6.42 Å². The van der Waals surface area contributed by atoms with Crippen LogP contribution in [-0.2, 0) is 18.3 Å². The van der Waals surface area contributed by atoms with E-state index in [2.05, 4.69) is 10.4 Å². The summed E-state index contributed by atoms with van der Waals surface area (Å²) in [6.45, 7) is 2.22. The smallest absolute Gasteiger partial charge is 0.241 e. The van der Waals surface area contributed by atoms with Crippen molar-refractivity contribution in [3.8, 4) is 0 Å². The molecular weight excluding hydrogens is 206 g/mol. The van der Waals surface area contributed by atoms with E-state index in [-0.39, 0.29) is 12.5 Å². The third kappa shape index (κ3) is 2.44. The van der Waals surface area contributed by atoms with Crippen molar-refractivity contribution < 1.29 is 4.79 Å². The van der Waals surface area contributed by atoms with Crippen LogP contribution in [0, 0.1) is 0 Å². The van der Waals surface area contributed by atoms with Gasteiger partial charge in [-0.3, -0.25) is 9.48 Å². The number of nitrogens with one attached hydrogen (secondary N) is 1. The Hall–Kier alpha value is -1.72. The summed E-state index contributed by atoms with van der Waals surface area (Å²) < 4.78 is 1.66. The van der Waals surface area contributed by atoms with Crippen molar-refractivity contribution >= 4 is 17.4 Å². The van der Waals surface area contributed by atoms with Crippen molar-refractivity contribution in [1.29, 1.82) is 0 Å². The summed E-state index contributed by atoms with van der Waals surface area (Å²) in [6.07, 6.45) is 0.781. The molecule has 0 fully saturated rings. The van der Waals surface area contributed by atoms with Gasteiger partial charge >= 0.3 is 0 Å². The number of aromatic nitrogens is 2. The fraction of sp³-hybridized carbons (Fsp3) is 0.600. The molecule has 0 unspecified atom stereocenters. The largest absolute Gasteiger partial charge is 0.394 e. The molecule has 6 nitrogen and oxygen atoms in total. The Labute approximate surface area is 95.4 Å². The van der Waals surface area contributed by atoms with Crippen molar-refractivity contribution in [1.82, 2.24) is 14.7 Å². The van der Waals surface area contributed by atoms with Crippen LogP contribution in [0.1, 0.15) is 12.6 Å². The standard InChI is InChI=1S/C10H19N5O/c1-5-7-9(11)10(15(4)13-7)12-6-8(16)14(2)3/h12H,5-6,11H2,1-4H3. The van der Waals surface area contributed by atoms with Crippen LogP contribution in [0.3, 0.4) is 0 Å². The number of carbonyl (C=O) groups is 1. The van der Waals surface area contributed by atoms with Crippen molar-refractivity contribution in [2.45, 2.75) is 13.3 Å². The summed E-state index contributed by atoms with van der Waals surface area (Å²) in [6, 6.07) is 0. The summed E-state index contributed by atoms with van der Waals surface area (Å²) in [4.78, 5) is 12.9. The second-order valence-electron chi connectivity index (χ2n) is 3.83. The Balaban J connectivity index is 2.74. The predicted molar refractivity (Wildman–Crippen MR) is 64.2 cm³/mol. The molecule has 0 aliphatic heterocycles. The van der Waals surface area contributed by atoms with E-state index < -0.39 is 0 Å². The van der Waals surface area contributed by atoms with Gasteiger partial charge in [0.1, 0.15) is 5.82 Å². The SMILES string of the molecule is CCc1nn(C)c(NCC(=O)N(C)C)c1N. The molecule has 0 aliphatic carbocycles. The lowest BCUT2D eigenvalue weighted by atomic mass is 10.3. The zero-order valence-electron chi connectivity index (χ0n) is 10.2. The topological polar surface area (TPSA) is 76.2 Å². The first-order valence-electron chi connectivity index (χ1n) is 5.22. The quantitative estimate of drug-likeness (QED) is 0.760. The van der Waals surface area contributed by atoms with E-state index in [1.165, 1.54) is 4.90 Å². The van der Waals surface area contributed by atoms with Crippen LogP contribution >= 0.6 is 0 Å². The molecule has 0 spiro atoms. The number of nitrogen functional groups attached to an aromatic ring is 1. The van der Waals surface area contributed by atoms with Gasteiger partial charge in [0.05, 0.1) is 17.9 Å². The normalized spacial score (nSPS) is 10.2. The van der Waals surface area contributed by atoms with E-state index in [9.17, 15) is 4.79 Å². The van der Waals surface area contributed by atoms with Crippen LogP contribution < -0.4 is 11.1 Å². The van der Waals surface area contributed by atoms with Crippen LogP contribution in [0.4, 0.5) is 11.5 Å². The van der Waals surface area contributed by atoms with Gasteiger partial charge in [-0.2, -0.15) is 5.10 Å². The number of anilines is 2. The maximum Gasteiger partial charge on any atom is 0.241 e. The van der Waals surface area contributed by atoms with Crippen molar-refractivity contribution in [3.63, 3.8) is 0 Å². The van der Waals surface area contributed by atoms with Gasteiger partial charge < -0.3 is 16.0 Å². The van der Waals surface area contributed by atoms with E-state index in [0.717, 1.165) is 12.1 Å². The van der Waals surface area contributed by atoms with Gasteiger partial charge in [0.15, 0.2) is 0 Å². The zero-order chi connectivity index (χ0) is 12.3. The van der Waals surface area contributed by atoms with Crippen LogP contribution in [0.5, 0.6) is 0 Å². The number of likely N-dealkylation sites (N-methyl/N-ethyl adjacent to an activating group) is 1. The summed E-state index contributed by atoms with van der Waals surface area (Å²) in [5.41, 5.74) is 7.38. The molecule has 6 heteroatoms. The highest BCUT2D eigenvalue weighted by Crippen LogP contribution is 2.21. The number of nitrogens with zero attached hydrogens (tertiary/aromatic N) is 3. The fourth-order valence-corrected chi connectivity index (χ4v) is 1.38. The number of aryl methyl sites for hydroxylation is 2. The predicted octanol–water partition coefficient (Wildman–Crippen LogP) is 0.0648. The Morgan fingerprint density at radius 1 is 1.56 bits per heavy atom. The monoisotopic (exact) mass is 225 g/mol. The number of nitrogens with two attached hydrogens (primary N) is 1. The minimum atomic E-state index is -0.00125. The number of hydrogen-bond donors (Lipinski definition) is 2. The van der Waals surface area contributed by atoms with Crippen LogP contribution in [0.25, 0.3) is 0 Å². The van der Waals surface area contributed by atoms with Crippen molar-refractivity contribution in [3.05, 3.63) is 5.69 Å². The first-order chi connectivity index (χ1) is 7.47. The molecule has 0 bridgehead atoms. The molecule has 0 aliphatic rings. The molecule has 0 atom stereocenters. The lowest BCUT2D eigenvalue weighted by molar-refractivity contribution is -0.126. The summed E-state index contributed by atoms with van der Waals surface area (Å²) in [5.74, 6) is 0.700. The van der Waals surface area contributed by atoms with Crippen LogP contribution in [0.15, 0.2) is 0 Å². The Morgan fingerprint density at radius 2 is 2.19 bits per heavy atom. The molecule has 0 saturated carbocycles. The van der Waals surface area contributed by atoms with E-state index >= 15 is 0 Å². The molecule has 0 saturated heterocycles. The van der Waals surface area contributed by atoms with E-state index in [4.69, 9.17) is 5.73 Å². The van der Waals surface area contributed by atoms with E-state index in [1.807, 2.05) is 6.92 Å². The summed E-state index contributed by atoms with van der Waals surface area (Å²) >= 11 is 0. The lowest BCUT2D eigenvalue weighted by Crippen LogP contribution is -2.29. The number of rotatable bonds is 4. The van der Waals surface area contributed by atoms with Gasteiger partial charge in [-0.15, -0.1) is 0 Å². The highest BCUT2D eigenvalue weighted by molar-refractivity contribution is 5.81. The zero-order valence-corrected chi connectivity index (χ0v) is 10.2. The molecule has 90 valence electrons. The molecule has 16 heavy (non-hydrogen) atoms. The third-order valence-electron chi connectivity index (χ3n) is 2.40. The molecule has 3 N–H and O–H groups in total. The lowest BCUT2D eigenvalue weighted by Gasteiger charge is -2.12. The van der Waals surface area contributed by atoms with E-state index in [0.29, 0.717) is 11.5 Å². The fourth-order valence-electron chi connectivity index (χ4n) is 1.38. The van der Waals surface area contributed by atoms with Gasteiger partial charge in [0, 0.05) is 21.1 Å². The Kier molecular flexibility index (Phi) is 3.76. The molecular formula is C10H19N5O. The van der Waals surface area contributed by atoms with Crippen molar-refractivity contribution in [2.24, 2.45) is 7.05 Å². The first kappa shape index (κ1) is 12.4. The van der Waals surface area contributed by atoms with E-state index in [1.54, 1.807) is 25.8 Å². The molecule has 1 amide bonds. The molecule has 1 aromatic rings. The Morgan fingerprint density at radius 3 is 2.62 bits per heavy atom. The number of carbonyl (C=O) groups excluding carboxylic acids is 1. The number of hydrogen-bond acceptors (Lipinski definition) is 4. The third-order valence-corrected chi connectivity index (χ3v) is 2.40. The Bertz CT molecular complexity index is 383. The average Bonchev–Trinajstić information content (AvgIpc) is 2.51. The number of amides is 1.